The van der Waals surface area contributed by atoms with Crippen LogP contribution >= 0.6 is 34.4 Å². The van der Waals surface area contributed by atoms with E-state index in [2.05, 4.69) is 226 Å². The van der Waals surface area contributed by atoms with Crippen LogP contribution in [0.5, 0.6) is 0 Å². The van der Waals surface area contributed by atoms with Crippen molar-refractivity contribution in [2.45, 2.75) is 9.79 Å². The molecule has 15 aromatic rings. The van der Waals surface area contributed by atoms with Gasteiger partial charge in [0, 0.05) is 99.5 Å². The fraction of sp³-hybridized carbons (Fsp3) is 0. The van der Waals surface area contributed by atoms with E-state index in [1.807, 2.05) is 34.4 Å². The molecule has 6 heteroatoms. The fourth-order valence-electron chi connectivity index (χ4n) is 10.8. The van der Waals surface area contributed by atoms with E-state index in [9.17, 15) is 0 Å². The molecule has 308 valence electrons. The van der Waals surface area contributed by atoms with Gasteiger partial charge in [0.1, 0.15) is 0 Å². The van der Waals surface area contributed by atoms with Gasteiger partial charge in [-0.25, -0.2) is 0 Å². The quantitative estimate of drug-likeness (QED) is 0.168. The Labute approximate surface area is 390 Å². The van der Waals surface area contributed by atoms with Crippen LogP contribution in [-0.2, 0) is 0 Å². The maximum absolute atomic E-state index is 2.45. The number of nitrogens with zero attached hydrogens (tertiary/aromatic N) is 3. The van der Waals surface area contributed by atoms with Crippen molar-refractivity contribution in [1.29, 1.82) is 0 Å². The Balaban J connectivity index is 0.827. The third-order valence-electron chi connectivity index (χ3n) is 13.7. The highest BCUT2D eigenvalue weighted by atomic mass is 32.2. The Morgan fingerprint density at radius 2 is 0.561 bits per heavy atom. The lowest BCUT2D eigenvalue weighted by atomic mass is 10.1. The topological polar surface area (TPSA) is 14.8 Å². The van der Waals surface area contributed by atoms with Crippen molar-refractivity contribution >= 4 is 140 Å². The molecule has 3 nitrogen and oxygen atoms in total. The van der Waals surface area contributed by atoms with E-state index < -0.39 is 0 Å². The number of hydrogen-bond acceptors (Lipinski definition) is 3. The molecule has 66 heavy (non-hydrogen) atoms. The van der Waals surface area contributed by atoms with E-state index in [4.69, 9.17) is 0 Å². The first-order valence-corrected chi connectivity index (χ1v) is 24.8. The average molecular weight is 894 g/mol. The Morgan fingerprint density at radius 3 is 0.985 bits per heavy atom. The van der Waals surface area contributed by atoms with Gasteiger partial charge in [-0.1, -0.05) is 103 Å². The van der Waals surface area contributed by atoms with Gasteiger partial charge in [-0.15, -0.1) is 22.7 Å². The van der Waals surface area contributed by atoms with Gasteiger partial charge >= 0.3 is 0 Å². The summed E-state index contributed by atoms with van der Waals surface area (Å²) in [4.78, 5) is 2.45. The Bertz CT molecular complexity index is 4460. The number of fused-ring (bicyclic) bond motifs is 15. The smallest absolute Gasteiger partial charge is 0.0541 e. The lowest BCUT2D eigenvalue weighted by Gasteiger charge is -2.10. The second-order valence-corrected chi connectivity index (χ2v) is 20.6. The van der Waals surface area contributed by atoms with Crippen LogP contribution in [0.3, 0.4) is 0 Å². The van der Waals surface area contributed by atoms with Crippen LogP contribution in [0.2, 0.25) is 0 Å². The van der Waals surface area contributed by atoms with Crippen LogP contribution in [0, 0.1) is 0 Å². The molecule has 0 N–H and O–H groups in total. The van der Waals surface area contributed by atoms with Crippen molar-refractivity contribution in [2.24, 2.45) is 0 Å². The maximum Gasteiger partial charge on any atom is 0.0541 e. The zero-order chi connectivity index (χ0) is 43.0. The first kappa shape index (κ1) is 36.7. The molecule has 10 aromatic carbocycles. The van der Waals surface area contributed by atoms with E-state index >= 15 is 0 Å². The minimum absolute atomic E-state index is 1.17. The third kappa shape index (κ3) is 5.32. The highest BCUT2D eigenvalue weighted by Crippen LogP contribution is 2.43. The fourth-order valence-corrected chi connectivity index (χ4v) is 13.9. The van der Waals surface area contributed by atoms with E-state index in [-0.39, 0.29) is 0 Å². The lowest BCUT2D eigenvalue weighted by molar-refractivity contribution is 1.18. The number of rotatable bonds is 5. The summed E-state index contributed by atoms with van der Waals surface area (Å²) >= 11 is 5.57. The molecule has 0 atom stereocenters. The van der Waals surface area contributed by atoms with Gasteiger partial charge in [0.05, 0.1) is 33.1 Å². The molecule has 15 rings (SSSR count). The predicted octanol–water partition coefficient (Wildman–Crippen LogP) is 17.9. The number of para-hydroxylation sites is 4. The van der Waals surface area contributed by atoms with Gasteiger partial charge in [0.15, 0.2) is 0 Å². The van der Waals surface area contributed by atoms with E-state index in [0.29, 0.717) is 0 Å². The van der Waals surface area contributed by atoms with Gasteiger partial charge in [-0.2, -0.15) is 0 Å². The average Bonchev–Trinajstić information content (AvgIpc) is 4.17. The van der Waals surface area contributed by atoms with E-state index in [1.54, 1.807) is 0 Å². The summed E-state index contributed by atoms with van der Waals surface area (Å²) in [5, 5.41) is 12.8. The summed E-state index contributed by atoms with van der Waals surface area (Å²) in [5.74, 6) is 0. The number of hydrogen-bond donors (Lipinski definition) is 0. The molecule has 5 aromatic heterocycles. The van der Waals surface area contributed by atoms with E-state index in [1.165, 1.54) is 133 Å². The monoisotopic (exact) mass is 893 g/mol. The van der Waals surface area contributed by atoms with Crippen molar-refractivity contribution in [1.82, 2.24) is 13.7 Å². The third-order valence-corrected chi connectivity index (χ3v) is 17.0. The molecule has 0 aliphatic carbocycles. The van der Waals surface area contributed by atoms with Crippen LogP contribution in [0.15, 0.2) is 222 Å². The maximum atomic E-state index is 2.45. The molecular weight excluding hydrogens is 859 g/mol. The molecule has 0 radical (unpaired) electrons. The predicted molar refractivity (Wildman–Crippen MR) is 286 cm³/mol. The molecule has 0 bridgehead atoms. The summed E-state index contributed by atoms with van der Waals surface area (Å²) in [6.45, 7) is 0. The normalized spacial score (nSPS) is 12.3. The van der Waals surface area contributed by atoms with Crippen LogP contribution in [0.4, 0.5) is 0 Å². The van der Waals surface area contributed by atoms with E-state index in [0.717, 1.165) is 0 Å². The van der Waals surface area contributed by atoms with Crippen molar-refractivity contribution in [3.05, 3.63) is 212 Å². The molecule has 0 saturated carbocycles. The molecule has 0 aliphatic heterocycles. The standard InChI is InChI=1S/C60H35N3S3/c1-6-16-51-41(11-1)42-12-2-7-17-52(42)61(51)37-22-29-59-49(32-37)50-33-38(23-30-60(50)66-59)63-54-19-9-4-14-44(54)47-35-40(25-27-56(47)63)64-39-24-26-55-46(34-39)43-13-3-8-18-53(43)62(55)36-21-28-58-48(31-36)45-15-5-10-20-57(45)65-58/h1-35H. The first-order chi connectivity index (χ1) is 32.7. The lowest BCUT2D eigenvalue weighted by Crippen LogP contribution is -1.94. The summed E-state index contributed by atoms with van der Waals surface area (Å²) < 4.78 is 12.6. The largest absolute Gasteiger partial charge is 0.309 e. The summed E-state index contributed by atoms with van der Waals surface area (Å²) in [7, 11) is 0. The van der Waals surface area contributed by atoms with Crippen molar-refractivity contribution in [3.63, 3.8) is 0 Å². The van der Waals surface area contributed by atoms with Crippen molar-refractivity contribution < 1.29 is 0 Å². The molecule has 0 aliphatic rings. The minimum Gasteiger partial charge on any atom is -0.309 e. The molecule has 0 saturated heterocycles. The molecular formula is C60H35N3S3. The minimum atomic E-state index is 1.17. The molecule has 0 spiro atoms. The second kappa shape index (κ2) is 13.9. The zero-order valence-electron chi connectivity index (χ0n) is 35.3. The highest BCUT2D eigenvalue weighted by Gasteiger charge is 2.19. The van der Waals surface area contributed by atoms with Crippen molar-refractivity contribution in [2.75, 3.05) is 0 Å². The molecule has 0 unspecified atom stereocenters. The molecule has 0 fully saturated rings. The highest BCUT2D eigenvalue weighted by molar-refractivity contribution is 7.99. The SMILES string of the molecule is c1ccc2c(c1)sc1ccc(-n3c4ccccc4c4cc(Sc5ccc6c(c5)c5ccccc5n6-c5ccc6sc7ccc(-n8c9ccccc9c9ccccc98)cc7c6c5)ccc43)cc12. The Hall–Kier alpha value is -7.61. The van der Waals surface area contributed by atoms with Gasteiger partial charge in [0.25, 0.3) is 0 Å². The first-order valence-electron chi connectivity index (χ1n) is 22.3. The summed E-state index contributed by atoms with van der Waals surface area (Å²) in [5.41, 5.74) is 10.9. The van der Waals surface area contributed by atoms with Crippen LogP contribution < -0.4 is 0 Å². The Kier molecular flexibility index (Phi) is 7.75. The van der Waals surface area contributed by atoms with Gasteiger partial charge in [-0.3, -0.25) is 0 Å². The second-order valence-electron chi connectivity index (χ2n) is 17.3. The van der Waals surface area contributed by atoms with Gasteiger partial charge in [0.2, 0.25) is 0 Å². The Morgan fingerprint density at radius 1 is 0.242 bits per heavy atom. The summed E-state index contributed by atoms with van der Waals surface area (Å²) in [6.07, 6.45) is 0. The van der Waals surface area contributed by atoms with Crippen LogP contribution in [0.1, 0.15) is 0 Å². The van der Waals surface area contributed by atoms with Gasteiger partial charge in [-0.05, 0) is 121 Å². The van der Waals surface area contributed by atoms with Crippen molar-refractivity contribution in [3.8, 4) is 17.1 Å². The van der Waals surface area contributed by atoms with Gasteiger partial charge < -0.3 is 13.7 Å². The zero-order valence-corrected chi connectivity index (χ0v) is 37.7. The number of aromatic nitrogens is 3. The van der Waals surface area contributed by atoms with Crippen LogP contribution in [0.25, 0.3) is 123 Å². The molecule has 5 heterocycles. The van der Waals surface area contributed by atoms with Crippen LogP contribution in [-0.4, -0.2) is 13.7 Å². The molecule has 0 amide bonds. The number of benzene rings is 10. The summed E-state index contributed by atoms with van der Waals surface area (Å²) in [6, 6.07) is 78.9. The number of thiophene rings is 2.